The highest BCUT2D eigenvalue weighted by atomic mass is 32.2. The lowest BCUT2D eigenvalue weighted by Gasteiger charge is -2.32. The molecule has 1 aliphatic rings. The lowest BCUT2D eigenvalue weighted by atomic mass is 10.0. The van der Waals surface area contributed by atoms with Gasteiger partial charge in [-0.25, -0.2) is 19.2 Å². The smallest absolute Gasteiger partial charge is 0.421 e. The summed E-state index contributed by atoms with van der Waals surface area (Å²) in [7, 11) is -4.77. The van der Waals surface area contributed by atoms with E-state index in [1.54, 1.807) is 12.1 Å². The van der Waals surface area contributed by atoms with Crippen LogP contribution in [0.2, 0.25) is 0 Å². The fraction of sp³-hybridized carbons (Fsp3) is 0.318. The number of aromatic nitrogens is 2. The predicted molar refractivity (Wildman–Crippen MR) is 127 cm³/mol. The molecule has 3 aromatic rings. The van der Waals surface area contributed by atoms with Crippen molar-refractivity contribution >= 4 is 39.0 Å². The van der Waals surface area contributed by atoms with Crippen molar-refractivity contribution in [3.63, 3.8) is 0 Å². The molecule has 15 heteroatoms. The van der Waals surface area contributed by atoms with Gasteiger partial charge in [0.25, 0.3) is 10.0 Å². The number of pyridine rings is 1. The Balaban J connectivity index is 1.43. The fourth-order valence-electron chi connectivity index (χ4n) is 3.73. The van der Waals surface area contributed by atoms with E-state index >= 15 is 0 Å². The van der Waals surface area contributed by atoms with E-state index in [1.807, 2.05) is 22.9 Å². The van der Waals surface area contributed by atoms with Crippen LogP contribution in [-0.2, 0) is 27.5 Å². The van der Waals surface area contributed by atoms with E-state index in [9.17, 15) is 30.8 Å². The Morgan fingerprint density at radius 2 is 1.86 bits per heavy atom. The SMILES string of the molecule is O=C(OCc1ccccc1)N1CCC(Nc2cnc(S(=O)(=O)Nc3cscn3)c(F)c2C(F)(F)F)CC1. The van der Waals surface area contributed by atoms with Crippen molar-refractivity contribution in [2.45, 2.75) is 36.7 Å². The van der Waals surface area contributed by atoms with Gasteiger partial charge in [0.05, 0.1) is 17.4 Å². The number of sulfonamides is 1. The van der Waals surface area contributed by atoms with Gasteiger partial charge in [-0.15, -0.1) is 11.3 Å². The third-order valence-electron chi connectivity index (χ3n) is 5.51. The van der Waals surface area contributed by atoms with Gasteiger partial charge in [-0.3, -0.25) is 4.72 Å². The maximum atomic E-state index is 15.0. The monoisotopic (exact) mass is 559 g/mol. The Hall–Kier alpha value is -3.46. The summed E-state index contributed by atoms with van der Waals surface area (Å²) < 4.78 is 88.5. The van der Waals surface area contributed by atoms with Crippen molar-refractivity contribution in [1.82, 2.24) is 14.9 Å². The zero-order valence-electron chi connectivity index (χ0n) is 19.0. The molecular weight excluding hydrogens is 538 g/mol. The maximum absolute atomic E-state index is 15.0. The van der Waals surface area contributed by atoms with Crippen molar-refractivity contribution in [2.24, 2.45) is 0 Å². The average Bonchev–Trinajstić information content (AvgIpc) is 3.35. The Kier molecular flexibility index (Phi) is 7.82. The number of nitrogens with one attached hydrogen (secondary N) is 2. The van der Waals surface area contributed by atoms with Crippen LogP contribution in [0.3, 0.4) is 0 Å². The zero-order chi connectivity index (χ0) is 26.6. The molecule has 1 aliphatic heterocycles. The van der Waals surface area contributed by atoms with Crippen LogP contribution in [0.4, 0.5) is 33.9 Å². The number of amides is 1. The number of halogens is 4. The van der Waals surface area contributed by atoms with Gasteiger partial charge in [0.1, 0.15) is 12.2 Å². The molecule has 0 spiro atoms. The molecule has 2 N–H and O–H groups in total. The van der Waals surface area contributed by atoms with Crippen molar-refractivity contribution in [3.05, 3.63) is 64.4 Å². The number of piperidine rings is 1. The van der Waals surface area contributed by atoms with E-state index < -0.39 is 50.4 Å². The second-order valence-electron chi connectivity index (χ2n) is 8.09. The molecule has 0 aliphatic carbocycles. The standard InChI is InChI=1S/C22H21F4N5O4S2/c23-19-18(22(24,25)26)16(10-27-20(19)37(33,34)30-17-12-36-13-28-17)29-15-6-8-31(9-7-15)21(32)35-11-14-4-2-1-3-5-14/h1-5,10,12-13,15,29-30H,6-9,11H2. The predicted octanol–water partition coefficient (Wildman–Crippen LogP) is 4.71. The van der Waals surface area contributed by atoms with E-state index in [0.29, 0.717) is 6.20 Å². The molecule has 9 nitrogen and oxygen atoms in total. The fourth-order valence-corrected chi connectivity index (χ4v) is 5.30. The number of hydrogen-bond donors (Lipinski definition) is 2. The van der Waals surface area contributed by atoms with Crippen molar-refractivity contribution < 1.29 is 35.5 Å². The maximum Gasteiger partial charge on any atom is 0.421 e. The number of alkyl halides is 3. The highest BCUT2D eigenvalue weighted by Gasteiger charge is 2.41. The number of carbonyl (C=O) groups excluding carboxylic acids is 1. The summed E-state index contributed by atoms with van der Waals surface area (Å²) in [5.41, 5.74) is -0.355. The first-order chi connectivity index (χ1) is 17.5. The topological polar surface area (TPSA) is 114 Å². The third kappa shape index (κ3) is 6.46. The minimum absolute atomic E-state index is 0.0876. The van der Waals surface area contributed by atoms with E-state index in [2.05, 4.69) is 15.3 Å². The molecule has 4 rings (SSSR count). The Morgan fingerprint density at radius 1 is 1.16 bits per heavy atom. The van der Waals surface area contributed by atoms with Crippen LogP contribution in [0.25, 0.3) is 0 Å². The molecule has 0 saturated carbocycles. The Morgan fingerprint density at radius 3 is 2.49 bits per heavy atom. The van der Waals surface area contributed by atoms with Gasteiger partial charge in [0, 0.05) is 24.5 Å². The van der Waals surface area contributed by atoms with Gasteiger partial charge in [-0.2, -0.15) is 21.6 Å². The largest absolute Gasteiger partial charge is 0.445 e. The van der Waals surface area contributed by atoms with Gasteiger partial charge in [-0.05, 0) is 18.4 Å². The molecule has 1 saturated heterocycles. The first-order valence-corrected chi connectivity index (χ1v) is 13.4. The van der Waals surface area contributed by atoms with Crippen molar-refractivity contribution in [2.75, 3.05) is 23.1 Å². The first kappa shape index (κ1) is 26.6. The molecular formula is C22H21F4N5O4S2. The van der Waals surface area contributed by atoms with Gasteiger partial charge in [0.15, 0.2) is 11.6 Å². The molecule has 1 amide bonds. The van der Waals surface area contributed by atoms with Crippen LogP contribution in [-0.4, -0.2) is 48.5 Å². The van der Waals surface area contributed by atoms with E-state index in [-0.39, 0.29) is 38.4 Å². The number of rotatable bonds is 7. The number of ether oxygens (including phenoxy) is 1. The van der Waals surface area contributed by atoms with Crippen molar-refractivity contribution in [3.8, 4) is 0 Å². The summed E-state index contributed by atoms with van der Waals surface area (Å²) in [6.07, 6.45) is -4.60. The zero-order valence-corrected chi connectivity index (χ0v) is 20.7. The minimum Gasteiger partial charge on any atom is -0.445 e. The van der Waals surface area contributed by atoms with Gasteiger partial charge >= 0.3 is 12.3 Å². The molecule has 0 atom stereocenters. The molecule has 198 valence electrons. The minimum atomic E-state index is -5.21. The number of thiazole rings is 1. The van der Waals surface area contributed by atoms with Crippen molar-refractivity contribution in [1.29, 1.82) is 0 Å². The highest BCUT2D eigenvalue weighted by molar-refractivity contribution is 7.92. The van der Waals surface area contributed by atoms with Gasteiger partial charge in [-0.1, -0.05) is 30.3 Å². The summed E-state index contributed by atoms with van der Waals surface area (Å²) in [5, 5.41) is 2.51. The van der Waals surface area contributed by atoms with Crippen LogP contribution >= 0.6 is 11.3 Å². The number of benzene rings is 1. The van der Waals surface area contributed by atoms with Crippen LogP contribution in [0.1, 0.15) is 24.0 Å². The van der Waals surface area contributed by atoms with Gasteiger partial charge < -0.3 is 15.0 Å². The summed E-state index contributed by atoms with van der Waals surface area (Å²) >= 11 is 1.04. The normalized spacial score (nSPS) is 14.9. The van der Waals surface area contributed by atoms with Gasteiger partial charge in [0.2, 0.25) is 5.03 Å². The number of hydrogen-bond acceptors (Lipinski definition) is 8. The Bertz CT molecular complexity index is 1330. The summed E-state index contributed by atoms with van der Waals surface area (Å²) in [6, 6.07) is 8.52. The Labute approximate surface area is 213 Å². The number of likely N-dealkylation sites (tertiary alicyclic amines) is 1. The quantitative estimate of drug-likeness (QED) is 0.403. The van der Waals surface area contributed by atoms with E-state index in [4.69, 9.17) is 4.74 Å². The van der Waals surface area contributed by atoms with E-state index in [0.717, 1.165) is 16.9 Å². The summed E-state index contributed by atoms with van der Waals surface area (Å²) in [6.45, 7) is 0.490. The lowest BCUT2D eigenvalue weighted by Crippen LogP contribution is -2.42. The molecule has 37 heavy (non-hydrogen) atoms. The number of anilines is 2. The highest BCUT2D eigenvalue weighted by Crippen LogP contribution is 2.39. The third-order valence-corrected chi connectivity index (χ3v) is 7.37. The van der Waals surface area contributed by atoms with E-state index in [1.165, 1.54) is 15.8 Å². The first-order valence-electron chi connectivity index (χ1n) is 10.9. The molecule has 0 bridgehead atoms. The summed E-state index contributed by atoms with van der Waals surface area (Å²) in [5.74, 6) is -2.20. The second-order valence-corrected chi connectivity index (χ2v) is 10.4. The summed E-state index contributed by atoms with van der Waals surface area (Å²) in [4.78, 5) is 20.9. The molecule has 0 unspecified atom stereocenters. The van der Waals surface area contributed by atoms with Crippen LogP contribution in [0.15, 0.2) is 52.4 Å². The lowest BCUT2D eigenvalue weighted by molar-refractivity contribution is -0.139. The van der Waals surface area contributed by atoms with Crippen LogP contribution in [0.5, 0.6) is 0 Å². The average molecular weight is 560 g/mol. The van der Waals surface area contributed by atoms with Crippen LogP contribution < -0.4 is 10.0 Å². The number of nitrogens with zero attached hydrogens (tertiary/aromatic N) is 3. The second kappa shape index (κ2) is 10.9. The van der Waals surface area contributed by atoms with Crippen LogP contribution in [0, 0.1) is 5.82 Å². The molecule has 3 heterocycles. The number of carbonyl (C=O) groups is 1. The molecule has 1 fully saturated rings. The molecule has 0 radical (unpaired) electrons. The molecule has 1 aromatic carbocycles. The molecule has 2 aromatic heterocycles.